The first-order valence-electron chi connectivity index (χ1n) is 9.88. The molecule has 5 nitrogen and oxygen atoms in total. The molecular weight excluding hydrogens is 384 g/mol. The number of carbonyl (C=O) groups excluding carboxylic acids is 1. The molecular formula is C23H30N2O3S. The molecule has 6 heteroatoms. The predicted octanol–water partition coefficient (Wildman–Crippen LogP) is 4.22. The minimum Gasteiger partial charge on any atom is -0.497 e. The summed E-state index contributed by atoms with van der Waals surface area (Å²) in [6.45, 7) is 1.94. The highest BCUT2D eigenvalue weighted by Crippen LogP contribution is 2.38. The quantitative estimate of drug-likeness (QED) is 0.605. The maximum absolute atomic E-state index is 12.9. The first-order chi connectivity index (χ1) is 14.0. The van der Waals surface area contributed by atoms with Crippen LogP contribution >= 0.6 is 11.8 Å². The first kappa shape index (κ1) is 21.5. The monoisotopic (exact) mass is 414 g/mol. The van der Waals surface area contributed by atoms with Gasteiger partial charge in [0, 0.05) is 30.1 Å². The zero-order valence-corrected chi connectivity index (χ0v) is 18.5. The minimum absolute atomic E-state index is 0.132. The topological polar surface area (TPSA) is 42.0 Å². The smallest absolute Gasteiger partial charge is 0.236 e. The summed E-state index contributed by atoms with van der Waals surface area (Å²) in [7, 11) is 5.23. The number of likely N-dealkylation sites (tertiary alicyclic amines) is 1. The maximum Gasteiger partial charge on any atom is 0.236 e. The third kappa shape index (κ3) is 5.25. The molecule has 0 N–H and O–H groups in total. The van der Waals surface area contributed by atoms with Crippen molar-refractivity contribution in [2.24, 2.45) is 0 Å². The summed E-state index contributed by atoms with van der Waals surface area (Å²) in [6, 6.07) is 14.4. The zero-order chi connectivity index (χ0) is 20.8. The van der Waals surface area contributed by atoms with Gasteiger partial charge < -0.3 is 14.4 Å². The fourth-order valence-corrected chi connectivity index (χ4v) is 4.26. The van der Waals surface area contributed by atoms with Gasteiger partial charge in [-0.2, -0.15) is 0 Å². The number of benzene rings is 2. The van der Waals surface area contributed by atoms with E-state index in [9.17, 15) is 4.79 Å². The molecule has 0 aliphatic carbocycles. The number of thioether (sulfide) groups is 1. The van der Waals surface area contributed by atoms with Crippen LogP contribution in [-0.4, -0.2) is 56.3 Å². The lowest BCUT2D eigenvalue weighted by Crippen LogP contribution is -2.37. The number of hydrogen-bond acceptors (Lipinski definition) is 5. The number of ether oxygens (including phenoxy) is 2. The van der Waals surface area contributed by atoms with Crippen molar-refractivity contribution < 1.29 is 14.3 Å². The summed E-state index contributed by atoms with van der Waals surface area (Å²) in [5, 5.41) is 0. The molecule has 0 spiro atoms. The van der Waals surface area contributed by atoms with Gasteiger partial charge in [0.25, 0.3) is 0 Å². The molecule has 1 amide bonds. The molecule has 1 fully saturated rings. The first-order valence-corrected chi connectivity index (χ1v) is 11.1. The fourth-order valence-electron chi connectivity index (χ4n) is 3.85. The van der Waals surface area contributed by atoms with Gasteiger partial charge in [0.2, 0.25) is 5.91 Å². The highest BCUT2D eigenvalue weighted by atomic mass is 32.2. The van der Waals surface area contributed by atoms with Crippen LogP contribution in [0.25, 0.3) is 0 Å². The molecule has 2 aromatic rings. The van der Waals surface area contributed by atoms with Crippen molar-refractivity contribution in [1.29, 1.82) is 0 Å². The number of nitrogens with zero attached hydrogens (tertiary/aromatic N) is 2. The van der Waals surface area contributed by atoms with Crippen LogP contribution in [0.2, 0.25) is 0 Å². The second-order valence-electron chi connectivity index (χ2n) is 7.33. The van der Waals surface area contributed by atoms with E-state index in [-0.39, 0.29) is 11.9 Å². The Morgan fingerprint density at radius 1 is 1.17 bits per heavy atom. The molecule has 1 aliphatic heterocycles. The van der Waals surface area contributed by atoms with Crippen LogP contribution in [0.15, 0.2) is 47.4 Å². The Morgan fingerprint density at radius 2 is 1.93 bits per heavy atom. The third-order valence-corrected chi connectivity index (χ3v) is 6.25. The second-order valence-corrected chi connectivity index (χ2v) is 8.21. The van der Waals surface area contributed by atoms with Gasteiger partial charge in [0.05, 0.1) is 20.8 Å². The molecule has 3 rings (SSSR count). The summed E-state index contributed by atoms with van der Waals surface area (Å²) in [6.07, 6.45) is 4.14. The van der Waals surface area contributed by atoms with Crippen LogP contribution in [0.3, 0.4) is 0 Å². The van der Waals surface area contributed by atoms with E-state index in [2.05, 4.69) is 35.4 Å². The van der Waals surface area contributed by atoms with Crippen LogP contribution in [0.4, 0.5) is 0 Å². The average Bonchev–Trinajstić information content (AvgIpc) is 3.21. The van der Waals surface area contributed by atoms with E-state index in [0.29, 0.717) is 13.1 Å². The van der Waals surface area contributed by atoms with Gasteiger partial charge in [-0.3, -0.25) is 9.69 Å². The normalized spacial score (nSPS) is 16.6. The summed E-state index contributed by atoms with van der Waals surface area (Å²) in [4.78, 5) is 18.2. The lowest BCUT2D eigenvalue weighted by molar-refractivity contribution is -0.131. The average molecular weight is 415 g/mol. The number of rotatable bonds is 8. The summed E-state index contributed by atoms with van der Waals surface area (Å²) < 4.78 is 11.0. The van der Waals surface area contributed by atoms with Gasteiger partial charge in [-0.15, -0.1) is 11.8 Å². The molecule has 0 bridgehead atoms. The van der Waals surface area contributed by atoms with Gasteiger partial charge in [-0.1, -0.05) is 12.1 Å². The van der Waals surface area contributed by atoms with Crippen molar-refractivity contribution in [3.05, 3.63) is 53.6 Å². The largest absolute Gasteiger partial charge is 0.497 e. The Kier molecular flexibility index (Phi) is 7.45. The lowest BCUT2D eigenvalue weighted by Gasteiger charge is -2.28. The SMILES string of the molecule is COc1ccc(OC)c([C@@H]2CCCN2CC(=O)N(C)Cc2ccc(SC)cc2)c1. The van der Waals surface area contributed by atoms with Crippen molar-refractivity contribution in [3.63, 3.8) is 0 Å². The van der Waals surface area contributed by atoms with E-state index in [1.165, 1.54) is 4.90 Å². The van der Waals surface area contributed by atoms with Gasteiger partial charge >= 0.3 is 0 Å². The molecule has 29 heavy (non-hydrogen) atoms. The molecule has 1 atom stereocenters. The van der Waals surface area contributed by atoms with Crippen molar-refractivity contribution in [1.82, 2.24) is 9.80 Å². The molecule has 0 saturated carbocycles. The number of amides is 1. The van der Waals surface area contributed by atoms with E-state index < -0.39 is 0 Å². The summed E-state index contributed by atoms with van der Waals surface area (Å²) in [5.74, 6) is 1.79. The van der Waals surface area contributed by atoms with Crippen LogP contribution in [0.5, 0.6) is 11.5 Å². The number of hydrogen-bond donors (Lipinski definition) is 0. The molecule has 0 radical (unpaired) electrons. The Balaban J connectivity index is 1.67. The third-order valence-electron chi connectivity index (χ3n) is 5.50. The van der Waals surface area contributed by atoms with Crippen molar-refractivity contribution in [3.8, 4) is 11.5 Å². The Hall–Kier alpha value is -2.18. The molecule has 0 unspecified atom stereocenters. The number of likely N-dealkylation sites (N-methyl/N-ethyl adjacent to an activating group) is 1. The molecule has 1 aliphatic rings. The van der Waals surface area contributed by atoms with Crippen LogP contribution in [0.1, 0.15) is 30.0 Å². The Bertz CT molecular complexity index is 825. The van der Waals surface area contributed by atoms with Crippen molar-refractivity contribution >= 4 is 17.7 Å². The molecule has 1 heterocycles. The van der Waals surface area contributed by atoms with Gasteiger partial charge in [0.1, 0.15) is 11.5 Å². The molecule has 0 aromatic heterocycles. The fraction of sp³-hybridized carbons (Fsp3) is 0.435. The van der Waals surface area contributed by atoms with E-state index in [4.69, 9.17) is 9.47 Å². The van der Waals surface area contributed by atoms with Gasteiger partial charge in [0.15, 0.2) is 0 Å². The standard InChI is InChI=1S/C23H30N2O3S/c1-24(15-17-7-10-19(29-4)11-8-17)23(26)16-25-13-5-6-21(25)20-14-18(27-2)9-12-22(20)28-3/h7-12,14,21H,5-6,13,15-16H2,1-4H3/t21-/m0/s1. The van der Waals surface area contributed by atoms with Crippen LogP contribution in [-0.2, 0) is 11.3 Å². The summed E-state index contributed by atoms with van der Waals surface area (Å²) in [5.41, 5.74) is 2.23. The number of methoxy groups -OCH3 is 2. The predicted molar refractivity (Wildman–Crippen MR) is 118 cm³/mol. The second kappa shape index (κ2) is 10.0. The van der Waals surface area contributed by atoms with Crippen molar-refractivity contribution in [2.45, 2.75) is 30.3 Å². The van der Waals surface area contributed by atoms with Crippen molar-refractivity contribution in [2.75, 3.05) is 40.6 Å². The van der Waals surface area contributed by atoms with Gasteiger partial charge in [-0.05, 0) is 61.5 Å². The Labute approximate surface area is 178 Å². The highest BCUT2D eigenvalue weighted by molar-refractivity contribution is 7.98. The minimum atomic E-state index is 0.132. The maximum atomic E-state index is 12.9. The molecule has 2 aromatic carbocycles. The number of carbonyl (C=O) groups is 1. The van der Waals surface area contributed by atoms with E-state index in [1.54, 1.807) is 26.0 Å². The highest BCUT2D eigenvalue weighted by Gasteiger charge is 2.30. The Morgan fingerprint density at radius 3 is 2.59 bits per heavy atom. The van der Waals surface area contributed by atoms with Crippen LogP contribution in [0, 0.1) is 0 Å². The van der Waals surface area contributed by atoms with E-state index >= 15 is 0 Å². The van der Waals surface area contributed by atoms with Crippen LogP contribution < -0.4 is 9.47 Å². The summed E-state index contributed by atoms with van der Waals surface area (Å²) >= 11 is 1.72. The van der Waals surface area contributed by atoms with Gasteiger partial charge in [-0.25, -0.2) is 0 Å². The molecule has 1 saturated heterocycles. The zero-order valence-electron chi connectivity index (χ0n) is 17.7. The lowest BCUT2D eigenvalue weighted by atomic mass is 10.0. The molecule has 156 valence electrons. The van der Waals surface area contributed by atoms with E-state index in [0.717, 1.165) is 42.0 Å². The van der Waals surface area contributed by atoms with E-state index in [1.807, 2.05) is 30.1 Å².